The van der Waals surface area contributed by atoms with Gasteiger partial charge in [0, 0.05) is 14.2 Å². The summed E-state index contributed by atoms with van der Waals surface area (Å²) in [5.74, 6) is 0. The minimum absolute atomic E-state index is 0.236. The van der Waals surface area contributed by atoms with Gasteiger partial charge in [-0.25, -0.2) is 0 Å². The van der Waals surface area contributed by atoms with Gasteiger partial charge >= 0.3 is 0 Å². The van der Waals surface area contributed by atoms with Crippen LogP contribution in [0.5, 0.6) is 0 Å². The molecule has 148 valence electrons. The van der Waals surface area contributed by atoms with Gasteiger partial charge in [-0.15, -0.1) is 13.2 Å². The SMILES string of the molecule is C=CCOCC(COCCOC)OC(COCC=C)COCCOC. The summed E-state index contributed by atoms with van der Waals surface area (Å²) in [7, 11) is 3.27. The van der Waals surface area contributed by atoms with Crippen molar-refractivity contribution in [3.8, 4) is 0 Å². The standard InChI is InChI=1S/C18H34O7/c1-5-7-21-13-17(15-23-11-9-19-3)25-18(14-22-8-6-2)16-24-12-10-20-4/h5-6,17-18H,1-2,7-16H2,3-4H3. The van der Waals surface area contributed by atoms with Crippen molar-refractivity contribution in [1.29, 1.82) is 0 Å². The molecule has 0 saturated heterocycles. The van der Waals surface area contributed by atoms with E-state index in [0.29, 0.717) is 66.1 Å². The second kappa shape index (κ2) is 19.5. The molecule has 0 radical (unpaired) electrons. The third-order valence-corrected chi connectivity index (χ3v) is 2.93. The molecule has 0 aromatic rings. The quantitative estimate of drug-likeness (QED) is 0.240. The average Bonchev–Trinajstić information content (AvgIpc) is 2.62. The van der Waals surface area contributed by atoms with Crippen LogP contribution < -0.4 is 0 Å². The minimum atomic E-state index is -0.236. The zero-order valence-corrected chi connectivity index (χ0v) is 15.7. The fourth-order valence-electron chi connectivity index (χ4n) is 1.81. The van der Waals surface area contributed by atoms with Gasteiger partial charge in [-0.05, 0) is 0 Å². The molecule has 0 aliphatic rings. The van der Waals surface area contributed by atoms with Gasteiger partial charge < -0.3 is 33.2 Å². The molecule has 0 saturated carbocycles. The van der Waals surface area contributed by atoms with Gasteiger partial charge in [-0.2, -0.15) is 0 Å². The molecule has 0 heterocycles. The normalized spacial score (nSPS) is 13.5. The van der Waals surface area contributed by atoms with Crippen molar-refractivity contribution >= 4 is 0 Å². The Morgan fingerprint density at radius 2 is 1.04 bits per heavy atom. The van der Waals surface area contributed by atoms with Crippen molar-refractivity contribution < 1.29 is 33.2 Å². The van der Waals surface area contributed by atoms with Gasteiger partial charge in [0.25, 0.3) is 0 Å². The van der Waals surface area contributed by atoms with Crippen LogP contribution in [0, 0.1) is 0 Å². The number of hydrogen-bond donors (Lipinski definition) is 0. The van der Waals surface area contributed by atoms with E-state index < -0.39 is 0 Å². The van der Waals surface area contributed by atoms with Crippen molar-refractivity contribution in [2.75, 3.05) is 80.3 Å². The van der Waals surface area contributed by atoms with E-state index in [1.165, 1.54) is 0 Å². The van der Waals surface area contributed by atoms with Crippen molar-refractivity contribution in [3.05, 3.63) is 25.3 Å². The largest absolute Gasteiger partial charge is 0.382 e. The molecule has 25 heavy (non-hydrogen) atoms. The highest BCUT2D eigenvalue weighted by Gasteiger charge is 2.18. The highest BCUT2D eigenvalue weighted by Crippen LogP contribution is 2.04. The topological polar surface area (TPSA) is 64.6 Å². The zero-order chi connectivity index (χ0) is 18.6. The van der Waals surface area contributed by atoms with Crippen LogP contribution in [0.2, 0.25) is 0 Å². The van der Waals surface area contributed by atoms with Crippen molar-refractivity contribution in [3.63, 3.8) is 0 Å². The molecule has 0 aromatic carbocycles. The Labute approximate surface area is 151 Å². The van der Waals surface area contributed by atoms with Crippen LogP contribution in [0.4, 0.5) is 0 Å². The van der Waals surface area contributed by atoms with Crippen LogP contribution >= 0.6 is 0 Å². The Morgan fingerprint density at radius 1 is 0.640 bits per heavy atom. The first-order valence-electron chi connectivity index (χ1n) is 8.44. The number of methoxy groups -OCH3 is 2. The van der Waals surface area contributed by atoms with Crippen LogP contribution in [-0.4, -0.2) is 92.5 Å². The lowest BCUT2D eigenvalue weighted by atomic mass is 10.3. The van der Waals surface area contributed by atoms with Gasteiger partial charge in [0.1, 0.15) is 12.2 Å². The molecule has 0 spiro atoms. The summed E-state index contributed by atoms with van der Waals surface area (Å²) in [4.78, 5) is 0. The summed E-state index contributed by atoms with van der Waals surface area (Å²) < 4.78 is 38.1. The summed E-state index contributed by atoms with van der Waals surface area (Å²) in [6, 6.07) is 0. The van der Waals surface area contributed by atoms with Crippen LogP contribution in [0.3, 0.4) is 0 Å². The Morgan fingerprint density at radius 3 is 1.40 bits per heavy atom. The van der Waals surface area contributed by atoms with E-state index in [-0.39, 0.29) is 12.2 Å². The lowest BCUT2D eigenvalue weighted by molar-refractivity contribution is -0.130. The van der Waals surface area contributed by atoms with Crippen molar-refractivity contribution in [2.45, 2.75) is 12.2 Å². The van der Waals surface area contributed by atoms with Gasteiger partial charge in [0.15, 0.2) is 0 Å². The fourth-order valence-corrected chi connectivity index (χ4v) is 1.81. The van der Waals surface area contributed by atoms with Gasteiger partial charge in [0.05, 0.1) is 66.1 Å². The summed E-state index contributed by atoms with van der Waals surface area (Å²) in [5.41, 5.74) is 0. The first-order valence-corrected chi connectivity index (χ1v) is 8.44. The number of rotatable bonds is 20. The van der Waals surface area contributed by atoms with E-state index >= 15 is 0 Å². The number of ether oxygens (including phenoxy) is 7. The van der Waals surface area contributed by atoms with Gasteiger partial charge in [-0.1, -0.05) is 12.2 Å². The summed E-state index contributed by atoms with van der Waals surface area (Å²) in [5, 5.41) is 0. The lowest BCUT2D eigenvalue weighted by Crippen LogP contribution is -2.36. The molecule has 2 unspecified atom stereocenters. The lowest BCUT2D eigenvalue weighted by Gasteiger charge is -2.25. The summed E-state index contributed by atoms with van der Waals surface area (Å²) >= 11 is 0. The monoisotopic (exact) mass is 362 g/mol. The van der Waals surface area contributed by atoms with Gasteiger partial charge in [0.2, 0.25) is 0 Å². The average molecular weight is 362 g/mol. The van der Waals surface area contributed by atoms with Crippen LogP contribution in [0.25, 0.3) is 0 Å². The van der Waals surface area contributed by atoms with Crippen molar-refractivity contribution in [1.82, 2.24) is 0 Å². The van der Waals surface area contributed by atoms with Crippen LogP contribution in [0.15, 0.2) is 25.3 Å². The molecule has 0 bridgehead atoms. The Kier molecular flexibility index (Phi) is 18.9. The molecule has 0 amide bonds. The minimum Gasteiger partial charge on any atom is -0.382 e. The molecule has 2 atom stereocenters. The second-order valence-electron chi connectivity index (χ2n) is 5.17. The molecular formula is C18H34O7. The first kappa shape index (κ1) is 24.2. The molecule has 0 rings (SSSR count). The fraction of sp³-hybridized carbons (Fsp3) is 0.778. The Balaban J connectivity index is 4.40. The molecule has 0 aliphatic carbocycles. The molecule has 0 N–H and O–H groups in total. The summed E-state index contributed by atoms with van der Waals surface area (Å²) in [6.45, 7) is 11.9. The maximum atomic E-state index is 6.05. The highest BCUT2D eigenvalue weighted by molar-refractivity contribution is 4.69. The van der Waals surface area contributed by atoms with Crippen molar-refractivity contribution in [2.24, 2.45) is 0 Å². The molecule has 0 fully saturated rings. The third kappa shape index (κ3) is 16.4. The molecule has 7 nitrogen and oxygen atoms in total. The smallest absolute Gasteiger partial charge is 0.105 e. The van der Waals surface area contributed by atoms with E-state index in [0.717, 1.165) is 0 Å². The number of hydrogen-bond acceptors (Lipinski definition) is 7. The highest BCUT2D eigenvalue weighted by atomic mass is 16.6. The van der Waals surface area contributed by atoms with E-state index in [1.807, 2.05) is 0 Å². The third-order valence-electron chi connectivity index (χ3n) is 2.93. The van der Waals surface area contributed by atoms with E-state index in [2.05, 4.69) is 13.2 Å². The first-order chi connectivity index (χ1) is 12.3. The van der Waals surface area contributed by atoms with E-state index in [1.54, 1.807) is 26.4 Å². The molecule has 7 heteroatoms. The Bertz CT molecular complexity index is 271. The molecular weight excluding hydrogens is 328 g/mol. The van der Waals surface area contributed by atoms with E-state index in [4.69, 9.17) is 33.2 Å². The predicted octanol–water partition coefficient (Wildman–Crippen LogP) is 1.47. The van der Waals surface area contributed by atoms with Crippen LogP contribution in [0.1, 0.15) is 0 Å². The molecule has 0 aromatic heterocycles. The zero-order valence-electron chi connectivity index (χ0n) is 15.7. The maximum absolute atomic E-state index is 6.05. The van der Waals surface area contributed by atoms with Gasteiger partial charge in [-0.3, -0.25) is 0 Å². The predicted molar refractivity (Wildman–Crippen MR) is 96.1 cm³/mol. The maximum Gasteiger partial charge on any atom is 0.105 e. The van der Waals surface area contributed by atoms with Crippen LogP contribution in [-0.2, 0) is 33.2 Å². The molecule has 0 aliphatic heterocycles. The van der Waals surface area contributed by atoms with E-state index in [9.17, 15) is 0 Å². The Hall–Kier alpha value is -0.800. The summed E-state index contributed by atoms with van der Waals surface area (Å²) in [6.07, 6.45) is 2.92. The second-order valence-corrected chi connectivity index (χ2v) is 5.17.